The molecule has 5 nitrogen and oxygen atoms in total. The molecule has 5 aromatic rings. The Bertz CT molecular complexity index is 1430. The van der Waals surface area contributed by atoms with Crippen molar-refractivity contribution in [1.82, 2.24) is 19.2 Å². The Kier molecular flexibility index (Phi) is 4.64. The summed E-state index contributed by atoms with van der Waals surface area (Å²) in [5.41, 5.74) is 5.15. The molecule has 0 bridgehead atoms. The lowest BCUT2D eigenvalue weighted by molar-refractivity contribution is 0.930. The van der Waals surface area contributed by atoms with E-state index in [4.69, 9.17) is 0 Å². The molecular formula is C24H20N4OS. The monoisotopic (exact) mass is 412 g/mol. The molecule has 5 rings (SSSR count). The number of para-hydroxylation sites is 1. The van der Waals surface area contributed by atoms with Crippen molar-refractivity contribution in [2.75, 3.05) is 0 Å². The first-order valence-electron chi connectivity index (χ1n) is 9.77. The topological polar surface area (TPSA) is 52.2 Å². The third kappa shape index (κ3) is 3.09. The van der Waals surface area contributed by atoms with E-state index in [1.54, 1.807) is 16.3 Å². The van der Waals surface area contributed by atoms with Crippen LogP contribution in [0.2, 0.25) is 0 Å². The molecule has 0 aliphatic rings. The average Bonchev–Trinajstić information content (AvgIpc) is 3.18. The maximum absolute atomic E-state index is 13.3. The molecule has 0 saturated heterocycles. The summed E-state index contributed by atoms with van der Waals surface area (Å²) in [7, 11) is 0. The minimum absolute atomic E-state index is 0.0928. The van der Waals surface area contributed by atoms with Crippen LogP contribution >= 0.6 is 11.8 Å². The number of aromatic nitrogens is 4. The molecule has 2 heterocycles. The summed E-state index contributed by atoms with van der Waals surface area (Å²) in [6.45, 7) is 4.14. The second kappa shape index (κ2) is 7.46. The summed E-state index contributed by atoms with van der Waals surface area (Å²) in [5.74, 6) is 1.31. The van der Waals surface area contributed by atoms with Gasteiger partial charge in [0.15, 0.2) is 5.16 Å². The Morgan fingerprint density at radius 1 is 0.867 bits per heavy atom. The number of hydrogen-bond acceptors (Lipinski definition) is 4. The van der Waals surface area contributed by atoms with E-state index in [1.807, 2.05) is 65.9 Å². The van der Waals surface area contributed by atoms with Gasteiger partial charge >= 0.3 is 0 Å². The van der Waals surface area contributed by atoms with Crippen LogP contribution in [0.25, 0.3) is 22.4 Å². The number of benzene rings is 3. The van der Waals surface area contributed by atoms with E-state index >= 15 is 0 Å². The molecule has 0 fully saturated rings. The van der Waals surface area contributed by atoms with Gasteiger partial charge in [-0.2, -0.15) is 0 Å². The maximum Gasteiger partial charge on any atom is 0.267 e. The number of thioether (sulfide) groups is 1. The Morgan fingerprint density at radius 3 is 2.40 bits per heavy atom. The van der Waals surface area contributed by atoms with Gasteiger partial charge in [0, 0.05) is 5.75 Å². The van der Waals surface area contributed by atoms with Crippen LogP contribution in [0, 0.1) is 13.8 Å². The molecule has 30 heavy (non-hydrogen) atoms. The van der Waals surface area contributed by atoms with Crippen molar-refractivity contribution >= 4 is 28.4 Å². The average molecular weight is 413 g/mol. The summed E-state index contributed by atoms with van der Waals surface area (Å²) in [4.78, 5) is 13.3. The van der Waals surface area contributed by atoms with Crippen molar-refractivity contribution < 1.29 is 0 Å². The molecule has 0 atom stereocenters. The first kappa shape index (κ1) is 18.6. The molecule has 0 aliphatic heterocycles. The first-order chi connectivity index (χ1) is 14.6. The van der Waals surface area contributed by atoms with Gasteiger partial charge in [-0.3, -0.25) is 9.20 Å². The van der Waals surface area contributed by atoms with Gasteiger partial charge < -0.3 is 0 Å². The molecule has 3 aromatic carbocycles. The van der Waals surface area contributed by atoms with Crippen LogP contribution in [0.4, 0.5) is 0 Å². The van der Waals surface area contributed by atoms with Crippen molar-refractivity contribution in [1.29, 1.82) is 0 Å². The third-order valence-corrected chi connectivity index (χ3v) is 6.28. The highest BCUT2D eigenvalue weighted by Gasteiger charge is 2.18. The SMILES string of the molecule is Cc1ccc(-n2c(=O)c3ccccc3n3c(SCc4ccccc4C)nnc23)cc1. The first-order valence-corrected chi connectivity index (χ1v) is 10.8. The Labute approximate surface area is 178 Å². The zero-order valence-corrected chi connectivity index (χ0v) is 17.6. The van der Waals surface area contributed by atoms with E-state index in [-0.39, 0.29) is 5.56 Å². The van der Waals surface area contributed by atoms with Crippen molar-refractivity contribution in [3.05, 3.63) is 99.8 Å². The van der Waals surface area contributed by atoms with Crippen LogP contribution in [-0.2, 0) is 5.75 Å². The van der Waals surface area contributed by atoms with Gasteiger partial charge in [-0.15, -0.1) is 10.2 Å². The molecule has 0 spiro atoms. The predicted molar refractivity (Wildman–Crippen MR) is 122 cm³/mol. The number of fused-ring (bicyclic) bond motifs is 3. The molecule has 0 radical (unpaired) electrons. The van der Waals surface area contributed by atoms with Crippen LogP contribution in [-0.4, -0.2) is 19.2 Å². The lowest BCUT2D eigenvalue weighted by Crippen LogP contribution is -2.21. The van der Waals surface area contributed by atoms with Gasteiger partial charge in [0.25, 0.3) is 5.56 Å². The predicted octanol–water partition coefficient (Wildman–Crippen LogP) is 4.94. The second-order valence-electron chi connectivity index (χ2n) is 7.33. The lowest BCUT2D eigenvalue weighted by atomic mass is 10.1. The summed E-state index contributed by atoms with van der Waals surface area (Å²) < 4.78 is 3.63. The second-order valence-corrected chi connectivity index (χ2v) is 8.27. The molecule has 2 aromatic heterocycles. The van der Waals surface area contributed by atoms with Crippen molar-refractivity contribution in [2.45, 2.75) is 24.8 Å². The number of rotatable bonds is 4. The highest BCUT2D eigenvalue weighted by molar-refractivity contribution is 7.98. The summed E-state index contributed by atoms with van der Waals surface area (Å²) >= 11 is 1.62. The standard InChI is InChI=1S/C24H20N4OS/c1-16-11-13-19(14-12-16)27-22(29)20-9-5-6-10-21(20)28-23(27)25-26-24(28)30-15-18-8-4-3-7-17(18)2/h3-14H,15H2,1-2H3. The highest BCUT2D eigenvalue weighted by Crippen LogP contribution is 2.26. The molecule has 0 aliphatic carbocycles. The Balaban J connectivity index is 1.72. The normalized spacial score (nSPS) is 11.4. The summed E-state index contributed by atoms with van der Waals surface area (Å²) in [5, 5.41) is 10.3. The van der Waals surface area contributed by atoms with Crippen molar-refractivity contribution in [3.63, 3.8) is 0 Å². The van der Waals surface area contributed by atoms with Gasteiger partial charge in [-0.25, -0.2) is 4.57 Å². The molecule has 0 amide bonds. The molecule has 0 unspecified atom stereocenters. The lowest BCUT2D eigenvalue weighted by Gasteiger charge is -2.11. The molecule has 0 saturated carbocycles. The van der Waals surface area contributed by atoms with Crippen LogP contribution in [0.5, 0.6) is 0 Å². The summed E-state index contributed by atoms with van der Waals surface area (Å²) in [6, 6.07) is 23.9. The molecule has 6 heteroatoms. The third-order valence-electron chi connectivity index (χ3n) is 5.30. The Hall–Kier alpha value is -3.38. The molecule has 148 valence electrons. The maximum atomic E-state index is 13.3. The molecule has 0 N–H and O–H groups in total. The largest absolute Gasteiger partial charge is 0.268 e. The zero-order valence-electron chi connectivity index (χ0n) is 16.7. The Morgan fingerprint density at radius 2 is 1.60 bits per heavy atom. The van der Waals surface area contributed by atoms with Crippen LogP contribution in [0.15, 0.2) is 82.7 Å². The van der Waals surface area contributed by atoms with Gasteiger partial charge in [-0.1, -0.05) is 65.9 Å². The van der Waals surface area contributed by atoms with Crippen LogP contribution in [0.1, 0.15) is 16.7 Å². The van der Waals surface area contributed by atoms with E-state index in [1.165, 1.54) is 11.1 Å². The fourth-order valence-corrected chi connectivity index (χ4v) is 4.63. The van der Waals surface area contributed by atoms with E-state index in [2.05, 4.69) is 35.3 Å². The van der Waals surface area contributed by atoms with Gasteiger partial charge in [0.05, 0.1) is 16.6 Å². The summed E-state index contributed by atoms with van der Waals surface area (Å²) in [6.07, 6.45) is 0. The van der Waals surface area contributed by atoms with Gasteiger partial charge in [-0.05, 0) is 49.2 Å². The number of nitrogens with zero attached hydrogens (tertiary/aromatic N) is 4. The van der Waals surface area contributed by atoms with Gasteiger partial charge in [0.2, 0.25) is 5.78 Å². The minimum Gasteiger partial charge on any atom is -0.268 e. The number of hydrogen-bond donors (Lipinski definition) is 0. The van der Waals surface area contributed by atoms with Gasteiger partial charge in [0.1, 0.15) is 0 Å². The zero-order chi connectivity index (χ0) is 20.7. The quantitative estimate of drug-likeness (QED) is 0.392. The minimum atomic E-state index is -0.0928. The van der Waals surface area contributed by atoms with E-state index in [0.717, 1.165) is 27.7 Å². The number of aryl methyl sites for hydroxylation is 2. The van der Waals surface area contributed by atoms with Crippen molar-refractivity contribution in [2.24, 2.45) is 0 Å². The molecular weight excluding hydrogens is 392 g/mol. The fraction of sp³-hybridized carbons (Fsp3) is 0.125. The van der Waals surface area contributed by atoms with Crippen LogP contribution in [0.3, 0.4) is 0 Å². The fourth-order valence-electron chi connectivity index (χ4n) is 3.61. The van der Waals surface area contributed by atoms with Crippen LogP contribution < -0.4 is 5.56 Å². The van der Waals surface area contributed by atoms with E-state index in [9.17, 15) is 4.79 Å². The highest BCUT2D eigenvalue weighted by atomic mass is 32.2. The van der Waals surface area contributed by atoms with E-state index in [0.29, 0.717) is 11.2 Å². The smallest absolute Gasteiger partial charge is 0.267 e. The van der Waals surface area contributed by atoms with Crippen molar-refractivity contribution in [3.8, 4) is 5.69 Å². The van der Waals surface area contributed by atoms with E-state index < -0.39 is 0 Å².